The van der Waals surface area contributed by atoms with E-state index in [2.05, 4.69) is 5.32 Å². The minimum atomic E-state index is -0.666. The van der Waals surface area contributed by atoms with E-state index in [0.717, 1.165) is 6.07 Å². The number of fused-ring (bicyclic) bond motifs is 1. The summed E-state index contributed by atoms with van der Waals surface area (Å²) in [5.41, 5.74) is 0.296. The zero-order valence-corrected chi connectivity index (χ0v) is 11.8. The highest BCUT2D eigenvalue weighted by atomic mass is 19.1. The normalized spacial score (nSPS) is 30.3. The number of nitrogens with one attached hydrogen (secondary N) is 1. The third-order valence-electron chi connectivity index (χ3n) is 4.01. The van der Waals surface area contributed by atoms with E-state index in [1.807, 2.05) is 0 Å². The maximum Gasteiger partial charge on any atom is 0.220 e. The average Bonchev–Trinajstić information content (AvgIpc) is 3.02. The lowest BCUT2D eigenvalue weighted by molar-refractivity contribution is -0.122. The first-order valence-electron chi connectivity index (χ1n) is 7.19. The summed E-state index contributed by atoms with van der Waals surface area (Å²) in [5, 5.41) is 12.4. The summed E-state index contributed by atoms with van der Waals surface area (Å²) in [5.74, 6) is -1.56. The van der Waals surface area contributed by atoms with E-state index in [1.54, 1.807) is 0 Å². The van der Waals surface area contributed by atoms with Crippen LogP contribution in [-0.2, 0) is 20.7 Å². The number of carbonyl (C=O) groups is 1. The van der Waals surface area contributed by atoms with Crippen LogP contribution in [0.2, 0.25) is 0 Å². The molecule has 0 radical (unpaired) electrons. The molecule has 0 saturated carbocycles. The van der Waals surface area contributed by atoms with Crippen LogP contribution < -0.4 is 5.32 Å². The maximum absolute atomic E-state index is 13.5. The van der Waals surface area contributed by atoms with Crippen LogP contribution in [-0.4, -0.2) is 48.6 Å². The number of aliphatic hydroxyl groups is 1. The second-order valence-electron chi connectivity index (χ2n) is 5.57. The number of carbonyl (C=O) groups excluding carboxylic acids is 1. The molecule has 3 rings (SSSR count). The summed E-state index contributed by atoms with van der Waals surface area (Å²) in [6.45, 7) is 0.478. The molecular formula is C15H17F2NO4. The van der Waals surface area contributed by atoms with Crippen LogP contribution >= 0.6 is 0 Å². The van der Waals surface area contributed by atoms with Crippen LogP contribution in [0.3, 0.4) is 0 Å². The zero-order valence-electron chi connectivity index (χ0n) is 11.8. The molecule has 1 aromatic rings. The summed E-state index contributed by atoms with van der Waals surface area (Å²) in [7, 11) is 0. The van der Waals surface area contributed by atoms with Crippen molar-refractivity contribution in [3.05, 3.63) is 35.4 Å². The van der Waals surface area contributed by atoms with E-state index in [4.69, 9.17) is 9.47 Å². The summed E-state index contributed by atoms with van der Waals surface area (Å²) in [4.78, 5) is 11.9. The highest BCUT2D eigenvalue weighted by Crippen LogP contribution is 2.27. The number of aryl methyl sites for hydroxylation is 1. The molecule has 2 aliphatic rings. The van der Waals surface area contributed by atoms with Gasteiger partial charge in [0.15, 0.2) is 0 Å². The molecule has 0 bridgehead atoms. The molecule has 7 heteroatoms. The maximum atomic E-state index is 13.5. The number of aliphatic hydroxyl groups excluding tert-OH is 1. The van der Waals surface area contributed by atoms with E-state index in [1.165, 1.54) is 12.1 Å². The van der Waals surface area contributed by atoms with Gasteiger partial charge in [-0.3, -0.25) is 4.79 Å². The molecule has 2 fully saturated rings. The van der Waals surface area contributed by atoms with Crippen molar-refractivity contribution in [2.75, 3.05) is 13.2 Å². The Labute approximate surface area is 126 Å². The van der Waals surface area contributed by atoms with E-state index >= 15 is 0 Å². The van der Waals surface area contributed by atoms with Gasteiger partial charge in [-0.1, -0.05) is 6.07 Å². The Hall–Kier alpha value is -1.57. The lowest BCUT2D eigenvalue weighted by Crippen LogP contribution is -2.44. The van der Waals surface area contributed by atoms with E-state index in [9.17, 15) is 18.7 Å². The van der Waals surface area contributed by atoms with Crippen molar-refractivity contribution in [2.24, 2.45) is 0 Å². The zero-order chi connectivity index (χ0) is 15.7. The van der Waals surface area contributed by atoms with E-state index in [-0.39, 0.29) is 44.1 Å². The molecule has 2 N–H and O–H groups in total. The van der Waals surface area contributed by atoms with Crippen molar-refractivity contribution in [2.45, 2.75) is 37.2 Å². The summed E-state index contributed by atoms with van der Waals surface area (Å²) < 4.78 is 37.1. The molecule has 0 spiro atoms. The molecule has 2 aliphatic heterocycles. The number of amides is 1. The van der Waals surface area contributed by atoms with Gasteiger partial charge in [0.25, 0.3) is 0 Å². The highest BCUT2D eigenvalue weighted by molar-refractivity contribution is 5.76. The first-order valence-corrected chi connectivity index (χ1v) is 7.19. The monoisotopic (exact) mass is 313 g/mol. The van der Waals surface area contributed by atoms with Crippen molar-refractivity contribution in [1.82, 2.24) is 5.32 Å². The van der Waals surface area contributed by atoms with Crippen molar-refractivity contribution in [3.8, 4) is 0 Å². The summed E-state index contributed by atoms with van der Waals surface area (Å²) >= 11 is 0. The van der Waals surface area contributed by atoms with Crippen LogP contribution in [0.5, 0.6) is 0 Å². The molecule has 4 atom stereocenters. The Morgan fingerprint density at radius 2 is 2.05 bits per heavy atom. The SMILES string of the molecule is O=C(CCc1ccc(F)cc1F)N[C@H]1CO[C@H]2[C@@H]1OC[C@H]2O. The van der Waals surface area contributed by atoms with Crippen molar-refractivity contribution >= 4 is 5.91 Å². The molecule has 2 heterocycles. The topological polar surface area (TPSA) is 67.8 Å². The Bertz CT molecular complexity index is 568. The van der Waals surface area contributed by atoms with Crippen LogP contribution in [0, 0.1) is 11.6 Å². The van der Waals surface area contributed by atoms with E-state index < -0.39 is 23.8 Å². The summed E-state index contributed by atoms with van der Waals surface area (Å²) in [6, 6.07) is 2.99. The van der Waals surface area contributed by atoms with Gasteiger partial charge in [0.2, 0.25) is 5.91 Å². The molecule has 2 saturated heterocycles. The molecule has 0 aliphatic carbocycles. The Morgan fingerprint density at radius 1 is 1.27 bits per heavy atom. The van der Waals surface area contributed by atoms with Gasteiger partial charge < -0.3 is 19.9 Å². The molecular weight excluding hydrogens is 296 g/mol. The number of ether oxygens (including phenoxy) is 2. The number of hydrogen-bond acceptors (Lipinski definition) is 4. The quantitative estimate of drug-likeness (QED) is 0.851. The fourth-order valence-corrected chi connectivity index (χ4v) is 2.85. The first-order chi connectivity index (χ1) is 10.5. The van der Waals surface area contributed by atoms with E-state index in [0.29, 0.717) is 5.56 Å². The van der Waals surface area contributed by atoms with Gasteiger partial charge in [-0.2, -0.15) is 0 Å². The highest BCUT2D eigenvalue weighted by Gasteiger charge is 2.47. The second kappa shape index (κ2) is 6.28. The average molecular weight is 313 g/mol. The van der Waals surface area contributed by atoms with Crippen molar-refractivity contribution < 1.29 is 28.2 Å². The molecule has 0 unspecified atom stereocenters. The molecule has 1 amide bonds. The van der Waals surface area contributed by atoms with Gasteiger partial charge >= 0.3 is 0 Å². The fourth-order valence-electron chi connectivity index (χ4n) is 2.85. The standard InChI is InChI=1S/C15H17F2NO4/c16-9-3-1-8(10(17)5-9)2-4-13(20)18-11-6-21-15-12(19)7-22-14(11)15/h1,3,5,11-12,14-15,19H,2,4,6-7H2,(H,18,20)/t11-,12+,14+,15+/m0/s1. The third kappa shape index (κ3) is 3.11. The number of hydrogen-bond donors (Lipinski definition) is 2. The van der Waals surface area contributed by atoms with Gasteiger partial charge in [-0.15, -0.1) is 0 Å². The molecule has 120 valence electrons. The van der Waals surface area contributed by atoms with Gasteiger partial charge in [0, 0.05) is 12.5 Å². The Morgan fingerprint density at radius 3 is 2.82 bits per heavy atom. The second-order valence-corrected chi connectivity index (χ2v) is 5.57. The predicted octanol–water partition coefficient (Wildman–Crippen LogP) is 0.541. The van der Waals surface area contributed by atoms with Gasteiger partial charge in [0.05, 0.1) is 19.3 Å². The Balaban J connectivity index is 1.51. The van der Waals surface area contributed by atoms with Crippen molar-refractivity contribution in [3.63, 3.8) is 0 Å². The first kappa shape index (κ1) is 15.3. The molecule has 5 nitrogen and oxygen atoms in total. The smallest absolute Gasteiger partial charge is 0.220 e. The lowest BCUT2D eigenvalue weighted by atomic mass is 10.1. The molecule has 0 aromatic heterocycles. The predicted molar refractivity (Wildman–Crippen MR) is 72.1 cm³/mol. The number of halogens is 2. The number of rotatable bonds is 4. The van der Waals surface area contributed by atoms with Crippen LogP contribution in [0.25, 0.3) is 0 Å². The van der Waals surface area contributed by atoms with Gasteiger partial charge in [-0.05, 0) is 18.1 Å². The minimum absolute atomic E-state index is 0.0823. The molecule has 1 aromatic carbocycles. The largest absolute Gasteiger partial charge is 0.388 e. The van der Waals surface area contributed by atoms with Crippen LogP contribution in [0.4, 0.5) is 8.78 Å². The number of benzene rings is 1. The van der Waals surface area contributed by atoms with Gasteiger partial charge in [-0.25, -0.2) is 8.78 Å². The van der Waals surface area contributed by atoms with Crippen molar-refractivity contribution in [1.29, 1.82) is 0 Å². The third-order valence-corrected chi connectivity index (χ3v) is 4.01. The minimum Gasteiger partial charge on any atom is -0.388 e. The van der Waals surface area contributed by atoms with Gasteiger partial charge in [0.1, 0.15) is 29.9 Å². The fraction of sp³-hybridized carbons (Fsp3) is 0.533. The summed E-state index contributed by atoms with van der Waals surface area (Å²) in [6.07, 6.45) is -1.15. The Kier molecular flexibility index (Phi) is 4.37. The lowest BCUT2D eigenvalue weighted by Gasteiger charge is -2.17. The molecule has 22 heavy (non-hydrogen) atoms. The van der Waals surface area contributed by atoms with Crippen LogP contribution in [0.15, 0.2) is 18.2 Å². The van der Waals surface area contributed by atoms with Crippen LogP contribution in [0.1, 0.15) is 12.0 Å².